The summed E-state index contributed by atoms with van der Waals surface area (Å²) in [7, 11) is -1.94. The minimum Gasteiger partial charge on any atom is -0.383 e. The largest absolute Gasteiger partial charge is 0.383 e. The van der Waals surface area contributed by atoms with Gasteiger partial charge in [-0.05, 0) is 24.8 Å². The minimum absolute atomic E-state index is 0.104. The third-order valence-corrected chi connectivity index (χ3v) is 5.01. The van der Waals surface area contributed by atoms with E-state index in [0.29, 0.717) is 12.2 Å². The maximum absolute atomic E-state index is 12.4. The van der Waals surface area contributed by atoms with Gasteiger partial charge in [-0.3, -0.25) is 0 Å². The number of anilines is 1. The van der Waals surface area contributed by atoms with Crippen molar-refractivity contribution in [2.45, 2.75) is 18.4 Å². The summed E-state index contributed by atoms with van der Waals surface area (Å²) in [6, 6.07) is 3.48. The number of hydrogen-bond donors (Lipinski definition) is 1. The van der Waals surface area contributed by atoms with Crippen molar-refractivity contribution in [1.82, 2.24) is 9.29 Å². The van der Waals surface area contributed by atoms with Crippen molar-refractivity contribution in [3.05, 3.63) is 18.3 Å². The summed E-state index contributed by atoms with van der Waals surface area (Å²) < 4.78 is 26.2. The Balaban J connectivity index is 3.00. The third kappa shape index (κ3) is 4.36. The molecule has 1 N–H and O–H groups in total. The van der Waals surface area contributed by atoms with E-state index in [4.69, 9.17) is 0 Å². The van der Waals surface area contributed by atoms with Gasteiger partial charge in [0, 0.05) is 32.1 Å². The Morgan fingerprint density at radius 3 is 2.84 bits per heavy atom. The smallest absolute Gasteiger partial charge is 0.262 e. The molecule has 0 unspecified atom stereocenters. The van der Waals surface area contributed by atoms with Crippen molar-refractivity contribution in [1.29, 1.82) is 0 Å². The average Bonchev–Trinajstić information content (AvgIpc) is 2.42. The van der Waals surface area contributed by atoms with Gasteiger partial charge in [0.1, 0.15) is 0 Å². The highest BCUT2D eigenvalue weighted by Crippen LogP contribution is 2.21. The molecule has 5 nitrogen and oxygen atoms in total. The Hall–Kier alpha value is -0.790. The fourth-order valence-corrected chi connectivity index (χ4v) is 3.29. The quantitative estimate of drug-likeness (QED) is 0.794. The molecule has 1 aromatic rings. The van der Waals surface area contributed by atoms with Crippen LogP contribution in [0.15, 0.2) is 23.4 Å². The number of rotatable bonds is 8. The van der Waals surface area contributed by atoms with E-state index in [9.17, 15) is 8.42 Å². The van der Waals surface area contributed by atoms with Gasteiger partial charge in [0.15, 0.2) is 5.03 Å². The molecule has 0 radical (unpaired) electrons. The van der Waals surface area contributed by atoms with Gasteiger partial charge in [0.2, 0.25) is 0 Å². The summed E-state index contributed by atoms with van der Waals surface area (Å²) in [6.45, 7) is 3.23. The second-order valence-corrected chi connectivity index (χ2v) is 7.05. The van der Waals surface area contributed by atoms with Crippen LogP contribution < -0.4 is 5.32 Å². The molecule has 19 heavy (non-hydrogen) atoms. The number of sulfonamides is 1. The summed E-state index contributed by atoms with van der Waals surface area (Å²) >= 11 is 1.62. The zero-order valence-electron chi connectivity index (χ0n) is 11.6. The molecule has 0 atom stereocenters. The second-order valence-electron chi connectivity index (χ2n) is 4.10. The number of pyridine rings is 1. The summed E-state index contributed by atoms with van der Waals surface area (Å²) in [6.07, 6.45) is 4.39. The minimum atomic E-state index is -3.53. The molecular formula is C12H21N3O2S2. The van der Waals surface area contributed by atoms with E-state index in [2.05, 4.69) is 10.3 Å². The molecule has 7 heteroatoms. The van der Waals surface area contributed by atoms with E-state index < -0.39 is 10.0 Å². The third-order valence-electron chi connectivity index (χ3n) is 2.60. The molecule has 0 aliphatic heterocycles. The number of nitrogens with zero attached hydrogens (tertiary/aromatic N) is 2. The SMILES string of the molecule is CCCNc1cccnc1S(=O)(=O)N(C)CCSC. The van der Waals surface area contributed by atoms with Gasteiger partial charge in [-0.1, -0.05) is 6.92 Å². The van der Waals surface area contributed by atoms with Gasteiger partial charge in [-0.2, -0.15) is 16.1 Å². The van der Waals surface area contributed by atoms with E-state index in [-0.39, 0.29) is 5.03 Å². The Labute approximate surface area is 119 Å². The van der Waals surface area contributed by atoms with Crippen LogP contribution in [0.5, 0.6) is 0 Å². The van der Waals surface area contributed by atoms with Gasteiger partial charge < -0.3 is 5.32 Å². The number of thioether (sulfide) groups is 1. The molecule has 0 saturated heterocycles. The van der Waals surface area contributed by atoms with Crippen LogP contribution in [0.4, 0.5) is 5.69 Å². The van der Waals surface area contributed by atoms with Crippen LogP contribution in [0, 0.1) is 0 Å². The number of nitrogens with one attached hydrogen (secondary N) is 1. The second kappa shape index (κ2) is 7.72. The predicted molar refractivity (Wildman–Crippen MR) is 81.2 cm³/mol. The highest BCUT2D eigenvalue weighted by Gasteiger charge is 2.24. The lowest BCUT2D eigenvalue weighted by atomic mass is 10.4. The first-order valence-electron chi connectivity index (χ1n) is 6.18. The van der Waals surface area contributed by atoms with Gasteiger partial charge in [-0.25, -0.2) is 13.4 Å². The first-order chi connectivity index (χ1) is 9.04. The summed E-state index contributed by atoms with van der Waals surface area (Å²) in [4.78, 5) is 4.03. The number of hydrogen-bond acceptors (Lipinski definition) is 5. The van der Waals surface area contributed by atoms with Crippen LogP contribution >= 0.6 is 11.8 Å². The van der Waals surface area contributed by atoms with Crippen molar-refractivity contribution in [2.75, 3.05) is 37.5 Å². The highest BCUT2D eigenvalue weighted by atomic mass is 32.2. The summed E-state index contributed by atoms with van der Waals surface area (Å²) in [5, 5.41) is 3.21. The molecule has 1 heterocycles. The topological polar surface area (TPSA) is 62.3 Å². The van der Waals surface area contributed by atoms with E-state index >= 15 is 0 Å². The zero-order valence-corrected chi connectivity index (χ0v) is 13.2. The van der Waals surface area contributed by atoms with Crippen LogP contribution in [-0.2, 0) is 10.0 Å². The van der Waals surface area contributed by atoms with Crippen molar-refractivity contribution >= 4 is 27.5 Å². The van der Waals surface area contributed by atoms with E-state index in [1.54, 1.807) is 30.9 Å². The maximum atomic E-state index is 12.4. The maximum Gasteiger partial charge on any atom is 0.262 e. The van der Waals surface area contributed by atoms with Gasteiger partial charge in [0.05, 0.1) is 5.69 Å². The van der Waals surface area contributed by atoms with Crippen LogP contribution in [-0.4, -0.2) is 49.9 Å². The van der Waals surface area contributed by atoms with Crippen molar-refractivity contribution in [3.63, 3.8) is 0 Å². The van der Waals surface area contributed by atoms with Crippen LogP contribution in [0.2, 0.25) is 0 Å². The Bertz CT molecular complexity index is 492. The normalized spacial score (nSPS) is 11.8. The molecule has 0 bridgehead atoms. The van der Waals surface area contributed by atoms with E-state index in [1.165, 1.54) is 10.5 Å². The molecule has 0 amide bonds. The molecule has 0 fully saturated rings. The molecule has 1 aromatic heterocycles. The molecule has 1 rings (SSSR count). The summed E-state index contributed by atoms with van der Waals surface area (Å²) in [5.41, 5.74) is 0.570. The molecular weight excluding hydrogens is 282 g/mol. The van der Waals surface area contributed by atoms with E-state index in [1.807, 2.05) is 13.2 Å². The fraction of sp³-hybridized carbons (Fsp3) is 0.583. The molecule has 108 valence electrons. The standard InChI is InChI=1S/C12H21N3O2S2/c1-4-7-13-11-6-5-8-14-12(11)19(16,17)15(2)9-10-18-3/h5-6,8,13H,4,7,9-10H2,1-3H3. The van der Waals surface area contributed by atoms with Crippen LogP contribution in [0.1, 0.15) is 13.3 Å². The Kier molecular flexibility index (Phi) is 6.60. The lowest BCUT2D eigenvalue weighted by Gasteiger charge is -2.18. The van der Waals surface area contributed by atoms with E-state index in [0.717, 1.165) is 18.7 Å². The van der Waals surface area contributed by atoms with Crippen LogP contribution in [0.3, 0.4) is 0 Å². The summed E-state index contributed by atoms with van der Waals surface area (Å²) in [5.74, 6) is 0.764. The zero-order chi connectivity index (χ0) is 14.3. The molecule has 0 saturated carbocycles. The average molecular weight is 303 g/mol. The van der Waals surface area contributed by atoms with Gasteiger partial charge >= 0.3 is 0 Å². The Morgan fingerprint density at radius 2 is 2.21 bits per heavy atom. The first kappa shape index (κ1) is 16.3. The van der Waals surface area contributed by atoms with Crippen LogP contribution in [0.25, 0.3) is 0 Å². The monoisotopic (exact) mass is 303 g/mol. The number of aromatic nitrogens is 1. The van der Waals surface area contributed by atoms with Crippen molar-refractivity contribution in [2.24, 2.45) is 0 Å². The highest BCUT2D eigenvalue weighted by molar-refractivity contribution is 7.98. The molecule has 0 aliphatic carbocycles. The van der Waals surface area contributed by atoms with Gasteiger partial charge in [0.25, 0.3) is 10.0 Å². The van der Waals surface area contributed by atoms with Gasteiger partial charge in [-0.15, -0.1) is 0 Å². The molecule has 0 aromatic carbocycles. The molecule has 0 aliphatic rings. The molecule has 0 spiro atoms. The lowest BCUT2D eigenvalue weighted by Crippen LogP contribution is -2.30. The lowest BCUT2D eigenvalue weighted by molar-refractivity contribution is 0.486. The van der Waals surface area contributed by atoms with Crippen molar-refractivity contribution in [3.8, 4) is 0 Å². The Morgan fingerprint density at radius 1 is 1.47 bits per heavy atom. The predicted octanol–water partition coefficient (Wildman–Crippen LogP) is 1.89. The first-order valence-corrected chi connectivity index (χ1v) is 9.01. The fourth-order valence-electron chi connectivity index (χ4n) is 1.48. The van der Waals surface area contributed by atoms with Crippen molar-refractivity contribution < 1.29 is 8.42 Å².